The van der Waals surface area contributed by atoms with E-state index in [-0.39, 0.29) is 0 Å². The van der Waals surface area contributed by atoms with E-state index in [0.29, 0.717) is 0 Å². The summed E-state index contributed by atoms with van der Waals surface area (Å²) in [7, 11) is 0. The Hall–Kier alpha value is 0.310. The Kier molecular flexibility index (Phi) is 5.02. The van der Waals surface area contributed by atoms with E-state index < -0.39 is 0 Å². The van der Waals surface area contributed by atoms with E-state index in [1.165, 1.54) is 50.7 Å². The third-order valence-electron chi connectivity index (χ3n) is 4.34. The molecule has 2 aliphatic carbocycles. The van der Waals surface area contributed by atoms with Crippen molar-refractivity contribution >= 4 is 11.8 Å². The number of nitrogens with one attached hydrogen (secondary N) is 1. The van der Waals surface area contributed by atoms with Crippen molar-refractivity contribution in [2.75, 3.05) is 12.0 Å². The molecule has 2 heteroatoms. The number of thioether (sulfide) groups is 1. The van der Waals surface area contributed by atoms with E-state index in [1.54, 1.807) is 0 Å². The second kappa shape index (κ2) is 6.30. The van der Waals surface area contributed by atoms with Crippen LogP contribution in [0.15, 0.2) is 0 Å². The minimum Gasteiger partial charge on any atom is -0.310 e. The van der Waals surface area contributed by atoms with E-state index in [1.807, 2.05) is 11.8 Å². The highest BCUT2D eigenvalue weighted by Crippen LogP contribution is 2.43. The summed E-state index contributed by atoms with van der Waals surface area (Å²) in [5.41, 5.74) is 0. The lowest BCUT2D eigenvalue weighted by atomic mass is 9.82. The zero-order valence-corrected chi connectivity index (χ0v) is 11.7. The average Bonchev–Trinajstić information content (AvgIpc) is 3.13. The standard InChI is InChI=1S/C14H27NS/c1-3-13(10-16-2)15-14-6-4-5-12(9-14)11-7-8-11/h11-15H,3-10H2,1-2H3. The summed E-state index contributed by atoms with van der Waals surface area (Å²) < 4.78 is 0. The SMILES string of the molecule is CCC(CSC)NC1CCCC(C2CC2)C1. The van der Waals surface area contributed by atoms with Crippen molar-refractivity contribution in [2.45, 2.75) is 64.0 Å². The van der Waals surface area contributed by atoms with Crippen LogP contribution in [-0.2, 0) is 0 Å². The van der Waals surface area contributed by atoms with Gasteiger partial charge in [-0.3, -0.25) is 0 Å². The molecule has 0 bridgehead atoms. The zero-order valence-electron chi connectivity index (χ0n) is 10.9. The maximum absolute atomic E-state index is 3.90. The highest BCUT2D eigenvalue weighted by Gasteiger charge is 2.34. The van der Waals surface area contributed by atoms with E-state index >= 15 is 0 Å². The first kappa shape index (κ1) is 12.8. The molecule has 0 spiro atoms. The first-order chi connectivity index (χ1) is 7.83. The van der Waals surface area contributed by atoms with Crippen molar-refractivity contribution in [1.29, 1.82) is 0 Å². The van der Waals surface area contributed by atoms with Crippen LogP contribution in [-0.4, -0.2) is 24.1 Å². The molecule has 94 valence electrons. The van der Waals surface area contributed by atoms with Gasteiger partial charge in [-0.25, -0.2) is 0 Å². The third kappa shape index (κ3) is 3.66. The topological polar surface area (TPSA) is 12.0 Å². The van der Waals surface area contributed by atoms with Crippen molar-refractivity contribution in [2.24, 2.45) is 11.8 Å². The maximum atomic E-state index is 3.90. The van der Waals surface area contributed by atoms with Gasteiger partial charge in [0.25, 0.3) is 0 Å². The van der Waals surface area contributed by atoms with Crippen molar-refractivity contribution < 1.29 is 0 Å². The van der Waals surface area contributed by atoms with Crippen molar-refractivity contribution in [3.63, 3.8) is 0 Å². The predicted molar refractivity (Wildman–Crippen MR) is 74.1 cm³/mol. The van der Waals surface area contributed by atoms with Gasteiger partial charge in [0.05, 0.1) is 0 Å². The fourth-order valence-corrected chi connectivity index (χ4v) is 3.93. The van der Waals surface area contributed by atoms with Gasteiger partial charge in [0.15, 0.2) is 0 Å². The van der Waals surface area contributed by atoms with Gasteiger partial charge in [-0.2, -0.15) is 11.8 Å². The van der Waals surface area contributed by atoms with E-state index in [4.69, 9.17) is 0 Å². The van der Waals surface area contributed by atoms with Gasteiger partial charge in [-0.05, 0) is 50.2 Å². The normalized spacial score (nSPS) is 32.6. The molecule has 2 saturated carbocycles. The molecular weight excluding hydrogens is 214 g/mol. The van der Waals surface area contributed by atoms with Crippen molar-refractivity contribution in [1.82, 2.24) is 5.32 Å². The van der Waals surface area contributed by atoms with E-state index in [2.05, 4.69) is 18.5 Å². The molecule has 2 aliphatic rings. The Balaban J connectivity index is 1.74. The number of hydrogen-bond donors (Lipinski definition) is 1. The molecule has 3 atom stereocenters. The molecule has 0 aromatic heterocycles. The van der Waals surface area contributed by atoms with Crippen LogP contribution in [0.3, 0.4) is 0 Å². The monoisotopic (exact) mass is 241 g/mol. The largest absolute Gasteiger partial charge is 0.310 e. The summed E-state index contributed by atoms with van der Waals surface area (Å²) in [6.45, 7) is 2.31. The van der Waals surface area contributed by atoms with Crippen LogP contribution < -0.4 is 5.32 Å². The van der Waals surface area contributed by atoms with Gasteiger partial charge in [0, 0.05) is 17.8 Å². The molecular formula is C14H27NS. The predicted octanol–water partition coefficient (Wildman–Crippen LogP) is 3.69. The fraction of sp³-hybridized carbons (Fsp3) is 1.00. The summed E-state index contributed by atoms with van der Waals surface area (Å²) in [6, 6.07) is 1.58. The maximum Gasteiger partial charge on any atom is 0.0158 e. The molecule has 1 N–H and O–H groups in total. The minimum atomic E-state index is 0.748. The molecule has 0 heterocycles. The molecule has 0 saturated heterocycles. The van der Waals surface area contributed by atoms with Crippen LogP contribution in [0.5, 0.6) is 0 Å². The molecule has 1 nitrogen and oxygen atoms in total. The van der Waals surface area contributed by atoms with Gasteiger partial charge in [-0.1, -0.05) is 19.8 Å². The molecule has 2 fully saturated rings. The summed E-state index contributed by atoms with van der Waals surface area (Å²) in [5.74, 6) is 3.46. The van der Waals surface area contributed by atoms with Gasteiger partial charge in [-0.15, -0.1) is 0 Å². The molecule has 16 heavy (non-hydrogen) atoms. The summed E-state index contributed by atoms with van der Waals surface area (Å²) >= 11 is 1.98. The van der Waals surface area contributed by atoms with Crippen LogP contribution in [0.2, 0.25) is 0 Å². The average molecular weight is 241 g/mol. The smallest absolute Gasteiger partial charge is 0.0158 e. The second-order valence-corrected chi connectivity index (χ2v) is 6.60. The molecule has 0 radical (unpaired) electrons. The Morgan fingerprint density at radius 3 is 2.62 bits per heavy atom. The van der Waals surface area contributed by atoms with Crippen molar-refractivity contribution in [3.8, 4) is 0 Å². The highest BCUT2D eigenvalue weighted by atomic mass is 32.2. The molecule has 3 unspecified atom stereocenters. The van der Waals surface area contributed by atoms with Gasteiger partial charge < -0.3 is 5.32 Å². The quantitative estimate of drug-likeness (QED) is 0.761. The van der Waals surface area contributed by atoms with Crippen LogP contribution in [0.1, 0.15) is 51.9 Å². The Bertz CT molecular complexity index is 203. The van der Waals surface area contributed by atoms with Gasteiger partial charge in [0.2, 0.25) is 0 Å². The summed E-state index contributed by atoms with van der Waals surface area (Å²) in [6.07, 6.45) is 12.4. The second-order valence-electron chi connectivity index (χ2n) is 5.69. The van der Waals surface area contributed by atoms with Crippen molar-refractivity contribution in [3.05, 3.63) is 0 Å². The fourth-order valence-electron chi connectivity index (χ4n) is 3.19. The molecule has 0 aromatic carbocycles. The number of hydrogen-bond acceptors (Lipinski definition) is 2. The Labute approximate surface area is 105 Å². The zero-order chi connectivity index (χ0) is 11.4. The summed E-state index contributed by atoms with van der Waals surface area (Å²) in [4.78, 5) is 0. The third-order valence-corrected chi connectivity index (χ3v) is 5.07. The highest BCUT2D eigenvalue weighted by molar-refractivity contribution is 7.98. The van der Waals surface area contributed by atoms with Crippen LogP contribution >= 0.6 is 11.8 Å². The van der Waals surface area contributed by atoms with Crippen LogP contribution in [0.4, 0.5) is 0 Å². The Morgan fingerprint density at radius 2 is 2.00 bits per heavy atom. The lowest BCUT2D eigenvalue weighted by molar-refractivity contribution is 0.248. The first-order valence-electron chi connectivity index (χ1n) is 7.08. The van der Waals surface area contributed by atoms with Gasteiger partial charge >= 0.3 is 0 Å². The number of rotatable bonds is 6. The molecule has 0 aliphatic heterocycles. The lowest BCUT2D eigenvalue weighted by Crippen LogP contribution is -2.42. The first-order valence-corrected chi connectivity index (χ1v) is 8.47. The minimum absolute atomic E-state index is 0.748. The van der Waals surface area contributed by atoms with Crippen LogP contribution in [0, 0.1) is 11.8 Å². The van der Waals surface area contributed by atoms with E-state index in [0.717, 1.165) is 23.9 Å². The lowest BCUT2D eigenvalue weighted by Gasteiger charge is -2.32. The van der Waals surface area contributed by atoms with E-state index in [9.17, 15) is 0 Å². The molecule has 0 amide bonds. The Morgan fingerprint density at radius 1 is 1.19 bits per heavy atom. The molecule has 2 rings (SSSR count). The van der Waals surface area contributed by atoms with Gasteiger partial charge in [0.1, 0.15) is 0 Å². The molecule has 0 aromatic rings. The van der Waals surface area contributed by atoms with Crippen LogP contribution in [0.25, 0.3) is 0 Å². The summed E-state index contributed by atoms with van der Waals surface area (Å²) in [5, 5.41) is 3.90.